The van der Waals surface area contributed by atoms with E-state index in [2.05, 4.69) is 49.8 Å². The van der Waals surface area contributed by atoms with Crippen LogP contribution in [0.1, 0.15) is 154 Å². The Balaban J connectivity index is 0.0000120. The summed E-state index contributed by atoms with van der Waals surface area (Å²) in [7, 11) is 3.58. The first-order chi connectivity index (χ1) is 27.6. The lowest BCUT2D eigenvalue weighted by molar-refractivity contribution is -0.150. The molecule has 1 aliphatic rings. The fourth-order valence-corrected chi connectivity index (χ4v) is 8.80. The highest BCUT2D eigenvalue weighted by Crippen LogP contribution is 2.34. The van der Waals surface area contributed by atoms with Crippen molar-refractivity contribution in [1.29, 1.82) is 0 Å². The number of rotatable bonds is 25. The van der Waals surface area contributed by atoms with Crippen LogP contribution in [0.5, 0.6) is 5.75 Å². The minimum Gasteiger partial charge on any atom is -0.497 e. The number of hydrogen-bond acceptors (Lipinski definition) is 10. The van der Waals surface area contributed by atoms with Crippen LogP contribution in [0.25, 0.3) is 0 Å². The normalized spacial score (nSPS) is 17.4. The standard InChI is InChI=1S/C45H70N4O8S.CH4/c1-10-12-13-15-23-49(44(53)36(30(5)11-2)26-40(51)38-17-14-16-22-48(38)8)39(29(3)4)27-41(57-32(7)50)43-47-37(28-58-43)42(52)46-34(24-31(6)45(54)55)25-33-18-20-35(56-9)21-19-33;/h18-21,28-31,34,36,38-39,41H,10-17,22-27H2,1-9H3,(H,46,52)(H,54,55);1H4/t30-,31-,34+,36?,38?,39+,41+;/m0./s1. The van der Waals surface area contributed by atoms with E-state index in [1.807, 2.05) is 36.2 Å². The van der Waals surface area contributed by atoms with Crippen LogP contribution >= 0.6 is 11.3 Å². The van der Waals surface area contributed by atoms with Gasteiger partial charge in [0.2, 0.25) is 5.91 Å². The molecular formula is C46H74N4O8S. The Hall–Kier alpha value is -3.84. The molecule has 1 aromatic heterocycles. The number of benzene rings is 1. The van der Waals surface area contributed by atoms with E-state index in [0.29, 0.717) is 23.7 Å². The second-order valence-electron chi connectivity index (χ2n) is 16.7. The Kier molecular flexibility index (Phi) is 22.4. The maximum Gasteiger partial charge on any atom is 0.306 e. The maximum absolute atomic E-state index is 14.9. The Morgan fingerprint density at radius 1 is 1.02 bits per heavy atom. The molecule has 13 heteroatoms. The first-order valence-corrected chi connectivity index (χ1v) is 22.3. The minimum atomic E-state index is -0.953. The highest BCUT2D eigenvalue weighted by molar-refractivity contribution is 7.09. The molecule has 0 saturated carbocycles. The van der Waals surface area contributed by atoms with E-state index >= 15 is 0 Å². The van der Waals surface area contributed by atoms with Crippen molar-refractivity contribution in [2.75, 3.05) is 27.2 Å². The van der Waals surface area contributed by atoms with Gasteiger partial charge in [0.1, 0.15) is 16.5 Å². The first kappa shape index (κ1) is 51.3. The fourth-order valence-electron chi connectivity index (χ4n) is 7.96. The van der Waals surface area contributed by atoms with Gasteiger partial charge in [-0.25, -0.2) is 4.98 Å². The number of aromatic nitrogens is 1. The highest BCUT2D eigenvalue weighted by Gasteiger charge is 2.39. The molecule has 0 aliphatic carbocycles. The molecule has 0 radical (unpaired) electrons. The molecule has 332 valence electrons. The number of methoxy groups -OCH3 is 1. The number of likely N-dealkylation sites (tertiary alicyclic amines) is 1. The van der Waals surface area contributed by atoms with Crippen molar-refractivity contribution in [3.05, 3.63) is 45.9 Å². The number of hydrogen-bond donors (Lipinski definition) is 2. The van der Waals surface area contributed by atoms with E-state index in [1.54, 1.807) is 19.4 Å². The van der Waals surface area contributed by atoms with Crippen molar-refractivity contribution in [1.82, 2.24) is 20.1 Å². The first-order valence-electron chi connectivity index (χ1n) is 21.4. The van der Waals surface area contributed by atoms with Crippen LogP contribution in [-0.2, 0) is 30.3 Å². The molecule has 1 aromatic carbocycles. The van der Waals surface area contributed by atoms with E-state index < -0.39 is 41.8 Å². The molecule has 3 rings (SSSR count). The third-order valence-corrected chi connectivity index (χ3v) is 12.7. The summed E-state index contributed by atoms with van der Waals surface area (Å²) < 4.78 is 11.2. The molecule has 1 aliphatic heterocycles. The Morgan fingerprint density at radius 2 is 1.71 bits per heavy atom. The van der Waals surface area contributed by atoms with Crippen LogP contribution in [0.3, 0.4) is 0 Å². The van der Waals surface area contributed by atoms with Gasteiger partial charge in [-0.1, -0.05) is 93.2 Å². The summed E-state index contributed by atoms with van der Waals surface area (Å²) in [6.07, 6.45) is 7.78. The summed E-state index contributed by atoms with van der Waals surface area (Å²) in [6, 6.07) is 6.40. The summed E-state index contributed by atoms with van der Waals surface area (Å²) in [5.41, 5.74) is 1.05. The number of carboxylic acid groups (broad SMARTS) is 1. The molecular weight excluding hydrogens is 769 g/mol. The number of amides is 2. The maximum atomic E-state index is 14.9. The summed E-state index contributed by atoms with van der Waals surface area (Å²) in [6.45, 7) is 14.7. The van der Waals surface area contributed by atoms with Crippen LogP contribution in [-0.4, -0.2) is 94.8 Å². The van der Waals surface area contributed by atoms with Crippen molar-refractivity contribution in [2.24, 2.45) is 23.7 Å². The quantitative estimate of drug-likeness (QED) is 0.0732. The number of carbonyl (C=O) groups is 5. The van der Waals surface area contributed by atoms with Gasteiger partial charge in [0.05, 0.1) is 19.1 Å². The van der Waals surface area contributed by atoms with Gasteiger partial charge in [0.25, 0.3) is 5.91 Å². The van der Waals surface area contributed by atoms with Crippen molar-refractivity contribution in [3.63, 3.8) is 0 Å². The smallest absolute Gasteiger partial charge is 0.306 e. The average Bonchev–Trinajstić information content (AvgIpc) is 3.69. The molecule has 1 saturated heterocycles. The van der Waals surface area contributed by atoms with Gasteiger partial charge >= 0.3 is 11.9 Å². The number of carbonyl (C=O) groups excluding carboxylic acids is 4. The van der Waals surface area contributed by atoms with E-state index in [0.717, 1.165) is 63.5 Å². The summed E-state index contributed by atoms with van der Waals surface area (Å²) >= 11 is 1.21. The Bertz CT molecular complexity index is 1610. The number of carboxylic acids is 1. The molecule has 59 heavy (non-hydrogen) atoms. The summed E-state index contributed by atoms with van der Waals surface area (Å²) in [5, 5.41) is 14.7. The highest BCUT2D eigenvalue weighted by atomic mass is 32.1. The molecule has 1 fully saturated rings. The van der Waals surface area contributed by atoms with Gasteiger partial charge in [0, 0.05) is 49.7 Å². The number of esters is 1. The molecule has 0 spiro atoms. The second kappa shape index (κ2) is 25.7. The molecule has 12 nitrogen and oxygen atoms in total. The lowest BCUT2D eigenvalue weighted by Crippen LogP contribution is -2.50. The summed E-state index contributed by atoms with van der Waals surface area (Å²) in [4.78, 5) is 75.7. The number of Topliss-reactive ketones (excluding diaryl/α,β-unsaturated/α-hetero) is 1. The molecule has 2 aromatic rings. The monoisotopic (exact) mass is 843 g/mol. The zero-order valence-corrected chi connectivity index (χ0v) is 37.3. The summed E-state index contributed by atoms with van der Waals surface area (Å²) in [5.74, 6) is -2.33. The molecule has 7 atom stereocenters. The van der Waals surface area contributed by atoms with Crippen molar-refractivity contribution >= 4 is 40.9 Å². The number of ketones is 1. The van der Waals surface area contributed by atoms with Gasteiger partial charge in [-0.2, -0.15) is 0 Å². The van der Waals surface area contributed by atoms with Gasteiger partial charge in [-0.05, 0) is 75.2 Å². The van der Waals surface area contributed by atoms with E-state index in [4.69, 9.17) is 9.47 Å². The van der Waals surface area contributed by atoms with E-state index in [-0.39, 0.29) is 68.0 Å². The zero-order valence-electron chi connectivity index (χ0n) is 36.5. The number of piperidine rings is 1. The fraction of sp³-hybridized carbons (Fsp3) is 0.696. The third-order valence-electron chi connectivity index (χ3n) is 11.7. The molecule has 2 heterocycles. The average molecular weight is 843 g/mol. The van der Waals surface area contributed by atoms with Crippen LogP contribution < -0.4 is 10.1 Å². The number of thiazole rings is 1. The van der Waals surface area contributed by atoms with Gasteiger partial charge < -0.3 is 24.8 Å². The predicted octanol–water partition coefficient (Wildman–Crippen LogP) is 8.77. The number of ether oxygens (including phenoxy) is 2. The topological polar surface area (TPSA) is 155 Å². The molecule has 2 amide bonds. The Labute approximate surface area is 358 Å². The number of nitrogens with zero attached hydrogens (tertiary/aromatic N) is 3. The number of unbranched alkanes of at least 4 members (excludes halogenated alkanes) is 3. The van der Waals surface area contributed by atoms with Crippen LogP contribution in [0.15, 0.2) is 29.6 Å². The third kappa shape index (κ3) is 15.9. The van der Waals surface area contributed by atoms with Crippen LogP contribution in [0, 0.1) is 23.7 Å². The van der Waals surface area contributed by atoms with Crippen molar-refractivity contribution in [3.8, 4) is 5.75 Å². The van der Waals surface area contributed by atoms with Gasteiger partial charge in [-0.3, -0.25) is 28.9 Å². The number of nitrogens with one attached hydrogen (secondary N) is 1. The number of likely N-dealkylation sites (N-methyl/N-ethyl adjacent to an activating group) is 1. The van der Waals surface area contributed by atoms with E-state index in [9.17, 15) is 29.1 Å². The van der Waals surface area contributed by atoms with Crippen LogP contribution in [0.4, 0.5) is 0 Å². The van der Waals surface area contributed by atoms with Gasteiger partial charge in [-0.15, -0.1) is 11.3 Å². The van der Waals surface area contributed by atoms with Gasteiger partial charge in [0.15, 0.2) is 11.9 Å². The second-order valence-corrected chi connectivity index (χ2v) is 17.6. The molecule has 2 N–H and O–H groups in total. The van der Waals surface area contributed by atoms with Crippen molar-refractivity contribution in [2.45, 2.75) is 157 Å². The largest absolute Gasteiger partial charge is 0.497 e. The van der Waals surface area contributed by atoms with Crippen molar-refractivity contribution < 1.29 is 38.6 Å². The molecule has 0 bridgehead atoms. The predicted molar refractivity (Wildman–Crippen MR) is 235 cm³/mol. The SMILES string of the molecule is C.CCCCCCN(C(=O)C(CC(=O)C1CCCCN1C)[C@@H](C)CC)[C@H](C[C@@H](OC(C)=O)c1nc(C(=O)N[C@@H](Cc2ccc(OC)cc2)C[C@H](C)C(=O)O)cs1)C(C)C. The lowest BCUT2D eigenvalue weighted by atomic mass is 9.82. The zero-order chi connectivity index (χ0) is 42.9. The van der Waals surface area contributed by atoms with E-state index in [1.165, 1.54) is 18.3 Å². The minimum absolute atomic E-state index is 0. The molecule has 2 unspecified atom stereocenters. The van der Waals surface area contributed by atoms with Crippen LogP contribution in [0.2, 0.25) is 0 Å². The Morgan fingerprint density at radius 3 is 2.29 bits per heavy atom. The number of aliphatic carboxylic acids is 1. The lowest BCUT2D eigenvalue weighted by Gasteiger charge is -2.40.